The molecule has 0 radical (unpaired) electrons. The van der Waals surface area contributed by atoms with Gasteiger partial charge >= 0.3 is 71.1 Å². The van der Waals surface area contributed by atoms with E-state index >= 15 is 0 Å². The van der Waals surface area contributed by atoms with Gasteiger partial charge in [0, 0.05) is 5.57 Å². The van der Waals surface area contributed by atoms with Crippen LogP contribution in [0, 0.1) is 5.41 Å². The Hall–Kier alpha value is 0.420. The summed E-state index contributed by atoms with van der Waals surface area (Å²) in [6.07, 6.45) is 13.9. The summed E-state index contributed by atoms with van der Waals surface area (Å²) in [4.78, 5) is 24.8. The Balaban J connectivity index is -0.00000840. The molecule has 0 fully saturated rings. The summed E-state index contributed by atoms with van der Waals surface area (Å²) in [7, 11) is -9.20. The summed E-state index contributed by atoms with van der Waals surface area (Å²) in [6.45, 7) is 7.65. The fourth-order valence-corrected chi connectivity index (χ4v) is 4.80. The third-order valence-electron chi connectivity index (χ3n) is 6.50. The maximum Gasteiger partial charge on any atom is 1.00 e. The summed E-state index contributed by atoms with van der Waals surface area (Å²) in [5.41, 5.74) is -0.674. The standard InChI is InChI=1S/C28H52O12S2.2Na/c1-25(26(29)37-20-16-12-8-4-6-10-14-18-22-39-41(31,32)33)24-28(2,3)27(30)38-21-17-13-9-5-7-11-15-19-23-40-42(34,35)36;;/h1,4-24H2,2-3H3,(H,31,32,33)(H,34,35,36);;/q;2*+1/p-2. The molecule has 248 valence electrons. The van der Waals surface area contributed by atoms with Gasteiger partial charge in [0.15, 0.2) is 0 Å². The molecule has 16 heteroatoms. The number of carbonyl (C=O) groups is 2. The molecule has 0 unspecified atom stereocenters. The number of ether oxygens (including phenoxy) is 2. The van der Waals surface area contributed by atoms with Crippen LogP contribution >= 0.6 is 0 Å². The van der Waals surface area contributed by atoms with E-state index in [0.717, 1.165) is 89.9 Å². The van der Waals surface area contributed by atoms with Crippen LogP contribution in [0.15, 0.2) is 12.2 Å². The van der Waals surface area contributed by atoms with Crippen molar-refractivity contribution in [3.05, 3.63) is 12.2 Å². The largest absolute Gasteiger partial charge is 1.00 e. The van der Waals surface area contributed by atoms with E-state index < -0.39 is 32.2 Å². The third kappa shape index (κ3) is 32.4. The molecule has 0 bridgehead atoms. The zero-order chi connectivity index (χ0) is 31.9. The van der Waals surface area contributed by atoms with E-state index in [0.29, 0.717) is 19.4 Å². The van der Waals surface area contributed by atoms with E-state index in [1.807, 2.05) is 0 Å². The summed E-state index contributed by atoms with van der Waals surface area (Å²) < 4.78 is 81.0. The van der Waals surface area contributed by atoms with Crippen molar-refractivity contribution in [3.8, 4) is 0 Å². The summed E-state index contributed by atoms with van der Waals surface area (Å²) in [6, 6.07) is 0. The molecule has 0 aromatic carbocycles. The summed E-state index contributed by atoms with van der Waals surface area (Å²) >= 11 is 0. The third-order valence-corrected chi connectivity index (χ3v) is 7.41. The van der Waals surface area contributed by atoms with Gasteiger partial charge in [0.05, 0.1) is 31.8 Å². The second-order valence-corrected chi connectivity index (χ2v) is 13.2. The Morgan fingerprint density at radius 2 is 0.864 bits per heavy atom. The van der Waals surface area contributed by atoms with E-state index in [1.54, 1.807) is 13.8 Å². The quantitative estimate of drug-likeness (QED) is 0.0251. The zero-order valence-corrected chi connectivity index (χ0v) is 32.9. The Morgan fingerprint density at radius 1 is 0.568 bits per heavy atom. The number of hydrogen-bond donors (Lipinski definition) is 0. The van der Waals surface area contributed by atoms with Gasteiger partial charge in [-0.15, -0.1) is 0 Å². The van der Waals surface area contributed by atoms with Crippen LogP contribution in [-0.4, -0.2) is 64.3 Å². The van der Waals surface area contributed by atoms with Crippen LogP contribution in [0.3, 0.4) is 0 Å². The van der Waals surface area contributed by atoms with Crippen LogP contribution in [0.5, 0.6) is 0 Å². The molecule has 0 aromatic rings. The molecular formula is C28H50Na2O12S2. The van der Waals surface area contributed by atoms with Crippen LogP contribution in [0.2, 0.25) is 0 Å². The molecule has 0 saturated carbocycles. The average molecular weight is 689 g/mol. The molecule has 0 aliphatic heterocycles. The molecule has 44 heavy (non-hydrogen) atoms. The first-order chi connectivity index (χ1) is 19.6. The molecule has 12 nitrogen and oxygen atoms in total. The van der Waals surface area contributed by atoms with E-state index in [-0.39, 0.29) is 96.9 Å². The van der Waals surface area contributed by atoms with Crippen molar-refractivity contribution in [2.24, 2.45) is 5.41 Å². The smallest absolute Gasteiger partial charge is 0.726 e. The van der Waals surface area contributed by atoms with Gasteiger partial charge in [0.25, 0.3) is 0 Å². The number of esters is 2. The minimum Gasteiger partial charge on any atom is -0.726 e. The van der Waals surface area contributed by atoms with E-state index in [1.165, 1.54) is 0 Å². The van der Waals surface area contributed by atoms with Crippen LogP contribution < -0.4 is 59.1 Å². The molecule has 0 heterocycles. The van der Waals surface area contributed by atoms with Crippen LogP contribution in [0.4, 0.5) is 0 Å². The first-order valence-electron chi connectivity index (χ1n) is 14.9. The van der Waals surface area contributed by atoms with Crippen LogP contribution in [0.25, 0.3) is 0 Å². The van der Waals surface area contributed by atoms with Gasteiger partial charge in [-0.25, -0.2) is 21.6 Å². The van der Waals surface area contributed by atoms with Crippen LogP contribution in [-0.2, 0) is 48.2 Å². The molecule has 0 amide bonds. The van der Waals surface area contributed by atoms with Gasteiger partial charge in [-0.05, 0) is 46.0 Å². The Bertz CT molecular complexity index is 987. The fraction of sp³-hybridized carbons (Fsp3) is 0.857. The Labute approximate surface area is 309 Å². The Morgan fingerprint density at radius 3 is 1.20 bits per heavy atom. The second-order valence-electron chi connectivity index (χ2n) is 11.1. The molecule has 0 aromatic heterocycles. The topological polar surface area (TPSA) is 185 Å². The van der Waals surface area contributed by atoms with Gasteiger partial charge in [-0.1, -0.05) is 83.6 Å². The Kier molecular flexibility index (Phi) is 31.5. The minimum atomic E-state index is -4.60. The van der Waals surface area contributed by atoms with Crippen molar-refractivity contribution in [2.45, 2.75) is 123 Å². The molecule has 0 atom stereocenters. The average Bonchev–Trinajstić information content (AvgIpc) is 2.88. The number of carbonyl (C=O) groups excluding carboxylic acids is 2. The molecular weight excluding hydrogens is 638 g/mol. The van der Waals surface area contributed by atoms with Crippen molar-refractivity contribution >= 4 is 32.7 Å². The van der Waals surface area contributed by atoms with Crippen molar-refractivity contribution in [2.75, 3.05) is 26.4 Å². The van der Waals surface area contributed by atoms with Gasteiger partial charge in [-0.2, -0.15) is 0 Å². The number of hydrogen-bond acceptors (Lipinski definition) is 12. The van der Waals surface area contributed by atoms with Crippen molar-refractivity contribution in [1.82, 2.24) is 0 Å². The number of rotatable bonds is 28. The van der Waals surface area contributed by atoms with Crippen molar-refractivity contribution in [1.29, 1.82) is 0 Å². The molecule has 0 saturated heterocycles. The van der Waals surface area contributed by atoms with Gasteiger partial charge in [-0.3, -0.25) is 13.2 Å². The van der Waals surface area contributed by atoms with Crippen LogP contribution in [0.1, 0.15) is 123 Å². The zero-order valence-electron chi connectivity index (χ0n) is 27.3. The first kappa shape index (κ1) is 48.8. The van der Waals surface area contributed by atoms with E-state index in [9.17, 15) is 35.5 Å². The maximum atomic E-state index is 12.5. The minimum absolute atomic E-state index is 0. The molecule has 0 aliphatic rings. The number of unbranched alkanes of at least 4 members (excludes halogenated alkanes) is 14. The molecule has 0 N–H and O–H groups in total. The fourth-order valence-electron chi connectivity index (χ4n) is 4.16. The molecule has 0 spiro atoms. The first-order valence-corrected chi connectivity index (χ1v) is 17.5. The predicted octanol–water partition coefficient (Wildman–Crippen LogP) is -0.751. The van der Waals surface area contributed by atoms with E-state index in [4.69, 9.17) is 9.47 Å². The van der Waals surface area contributed by atoms with Gasteiger partial charge in [0.1, 0.15) is 0 Å². The monoisotopic (exact) mass is 688 g/mol. The molecule has 0 rings (SSSR count). The van der Waals surface area contributed by atoms with E-state index in [2.05, 4.69) is 14.9 Å². The van der Waals surface area contributed by atoms with Crippen molar-refractivity contribution in [3.63, 3.8) is 0 Å². The maximum absolute atomic E-state index is 12.5. The summed E-state index contributed by atoms with van der Waals surface area (Å²) in [5, 5.41) is 0. The second kappa shape index (κ2) is 28.4. The molecule has 0 aliphatic carbocycles. The predicted molar refractivity (Wildman–Crippen MR) is 155 cm³/mol. The van der Waals surface area contributed by atoms with Crippen molar-refractivity contribution < 1.29 is 112 Å². The summed E-state index contributed by atoms with van der Waals surface area (Å²) in [5.74, 6) is -0.900. The van der Waals surface area contributed by atoms with Gasteiger partial charge in [0.2, 0.25) is 20.8 Å². The SMILES string of the molecule is C=C(CC(C)(C)C(=O)OCCCCCCCCCCOS(=O)(=O)[O-])C(=O)OCCCCCCCCCCOS(=O)(=O)[O-].[Na+].[Na+]. The van der Waals surface area contributed by atoms with Gasteiger partial charge < -0.3 is 18.6 Å². The normalized spacial score (nSPS) is 11.7.